The molecule has 4 heteroatoms. The van der Waals surface area contributed by atoms with Crippen LogP contribution in [0.5, 0.6) is 0 Å². The van der Waals surface area contributed by atoms with E-state index in [4.69, 9.17) is 0 Å². The molecule has 1 aromatic heterocycles. The van der Waals surface area contributed by atoms with Crippen molar-refractivity contribution in [1.29, 1.82) is 0 Å². The molecular weight excluding hydrogens is 313 g/mol. The average molecular weight is 328 g/mol. The molecule has 18 heavy (non-hydrogen) atoms. The first-order valence-corrected chi connectivity index (χ1v) is 7.49. The van der Waals surface area contributed by atoms with Crippen LogP contribution in [0.15, 0.2) is 40.2 Å². The molecule has 0 bridgehead atoms. The van der Waals surface area contributed by atoms with Gasteiger partial charge in [0.25, 0.3) is 0 Å². The highest BCUT2D eigenvalue weighted by molar-refractivity contribution is 9.10. The fourth-order valence-electron chi connectivity index (χ4n) is 1.94. The van der Waals surface area contributed by atoms with Crippen LogP contribution in [-0.2, 0) is 0 Å². The summed E-state index contributed by atoms with van der Waals surface area (Å²) in [4.78, 5) is 1.31. The second kappa shape index (κ2) is 5.95. The fourth-order valence-corrected chi connectivity index (χ4v) is 3.38. The monoisotopic (exact) mass is 327 g/mol. The summed E-state index contributed by atoms with van der Waals surface area (Å²) in [7, 11) is 0. The maximum atomic E-state index is 13.0. The lowest BCUT2D eigenvalue weighted by atomic mass is 10.1. The Balaban J connectivity index is 2.10. The molecule has 2 atom stereocenters. The van der Waals surface area contributed by atoms with Crippen molar-refractivity contribution in [3.63, 3.8) is 0 Å². The van der Waals surface area contributed by atoms with Crippen LogP contribution in [0.2, 0.25) is 0 Å². The fraction of sp³-hybridized carbons (Fsp3) is 0.286. The van der Waals surface area contributed by atoms with Gasteiger partial charge in [-0.05, 0) is 43.0 Å². The van der Waals surface area contributed by atoms with Gasteiger partial charge in [0.2, 0.25) is 0 Å². The third kappa shape index (κ3) is 3.19. The van der Waals surface area contributed by atoms with E-state index < -0.39 is 0 Å². The van der Waals surface area contributed by atoms with Crippen molar-refractivity contribution in [2.45, 2.75) is 25.9 Å². The molecule has 1 nitrogen and oxygen atoms in total. The van der Waals surface area contributed by atoms with Crippen molar-refractivity contribution < 1.29 is 4.39 Å². The normalized spacial score (nSPS) is 14.4. The molecule has 0 saturated heterocycles. The van der Waals surface area contributed by atoms with Crippen molar-refractivity contribution in [1.82, 2.24) is 5.32 Å². The van der Waals surface area contributed by atoms with Gasteiger partial charge in [-0.2, -0.15) is 0 Å². The van der Waals surface area contributed by atoms with Gasteiger partial charge in [0, 0.05) is 21.4 Å². The first-order chi connectivity index (χ1) is 8.58. The first kappa shape index (κ1) is 13.7. The first-order valence-electron chi connectivity index (χ1n) is 5.82. The third-order valence-corrected chi connectivity index (χ3v) is 4.64. The van der Waals surface area contributed by atoms with Crippen molar-refractivity contribution in [3.8, 4) is 0 Å². The summed E-state index contributed by atoms with van der Waals surface area (Å²) >= 11 is 5.15. The van der Waals surface area contributed by atoms with Gasteiger partial charge in [0.15, 0.2) is 0 Å². The summed E-state index contributed by atoms with van der Waals surface area (Å²) in [5, 5.41) is 5.59. The SMILES string of the molecule is CC(N[C@H](C)c1cccs1)c1ccc(F)cc1Br. The van der Waals surface area contributed by atoms with E-state index >= 15 is 0 Å². The highest BCUT2D eigenvalue weighted by Gasteiger charge is 2.14. The van der Waals surface area contributed by atoms with Crippen molar-refractivity contribution in [3.05, 3.63) is 56.4 Å². The number of halogens is 2. The van der Waals surface area contributed by atoms with Gasteiger partial charge < -0.3 is 5.32 Å². The predicted octanol–water partition coefficient (Wildman–Crippen LogP) is 5.06. The number of nitrogens with one attached hydrogen (secondary N) is 1. The molecule has 0 radical (unpaired) electrons. The molecule has 0 saturated carbocycles. The van der Waals surface area contributed by atoms with Gasteiger partial charge in [-0.1, -0.05) is 28.1 Å². The molecule has 1 heterocycles. The van der Waals surface area contributed by atoms with Crippen LogP contribution in [0.3, 0.4) is 0 Å². The lowest BCUT2D eigenvalue weighted by Crippen LogP contribution is -2.22. The van der Waals surface area contributed by atoms with E-state index in [9.17, 15) is 4.39 Å². The van der Waals surface area contributed by atoms with Gasteiger partial charge in [-0.25, -0.2) is 4.39 Å². The Kier molecular flexibility index (Phi) is 4.54. The van der Waals surface area contributed by atoms with Gasteiger partial charge in [-0.15, -0.1) is 11.3 Å². The molecule has 96 valence electrons. The van der Waals surface area contributed by atoms with Gasteiger partial charge in [-0.3, -0.25) is 0 Å². The Morgan fingerprint density at radius 3 is 2.61 bits per heavy atom. The van der Waals surface area contributed by atoms with Crippen LogP contribution in [-0.4, -0.2) is 0 Å². The topological polar surface area (TPSA) is 12.0 Å². The van der Waals surface area contributed by atoms with Crippen LogP contribution in [0.25, 0.3) is 0 Å². The van der Waals surface area contributed by atoms with E-state index in [-0.39, 0.29) is 17.9 Å². The maximum Gasteiger partial charge on any atom is 0.124 e. The molecule has 1 unspecified atom stereocenters. The lowest BCUT2D eigenvalue weighted by Gasteiger charge is -2.20. The number of thiophene rings is 1. The number of hydrogen-bond acceptors (Lipinski definition) is 2. The Labute approximate surface area is 119 Å². The van der Waals surface area contributed by atoms with E-state index in [1.807, 2.05) is 6.07 Å². The average Bonchev–Trinajstić information content (AvgIpc) is 2.81. The largest absolute Gasteiger partial charge is 0.303 e. The molecule has 0 aliphatic carbocycles. The van der Waals surface area contributed by atoms with Crippen molar-refractivity contribution in [2.24, 2.45) is 0 Å². The minimum absolute atomic E-state index is 0.164. The molecule has 1 aromatic carbocycles. The maximum absolute atomic E-state index is 13.0. The molecule has 0 fully saturated rings. The van der Waals surface area contributed by atoms with Crippen LogP contribution in [0, 0.1) is 5.82 Å². The summed E-state index contributed by atoms with van der Waals surface area (Å²) in [6, 6.07) is 9.44. The summed E-state index contributed by atoms with van der Waals surface area (Å²) in [6.45, 7) is 4.22. The standard InChI is InChI=1S/C14H15BrFNS/c1-9(12-6-5-11(16)8-13(12)15)17-10(2)14-4-3-7-18-14/h3-10,17H,1-2H3/t9?,10-/m1/s1. The van der Waals surface area contributed by atoms with E-state index in [2.05, 4.69) is 52.6 Å². The zero-order valence-corrected chi connectivity index (χ0v) is 12.7. The lowest BCUT2D eigenvalue weighted by molar-refractivity contribution is 0.498. The molecule has 2 aromatic rings. The van der Waals surface area contributed by atoms with Crippen LogP contribution < -0.4 is 5.32 Å². The highest BCUT2D eigenvalue weighted by atomic mass is 79.9. The predicted molar refractivity (Wildman–Crippen MR) is 78.4 cm³/mol. The van der Waals surface area contributed by atoms with Gasteiger partial charge >= 0.3 is 0 Å². The Morgan fingerprint density at radius 2 is 2.00 bits per heavy atom. The highest BCUT2D eigenvalue weighted by Crippen LogP contribution is 2.27. The van der Waals surface area contributed by atoms with Gasteiger partial charge in [0.05, 0.1) is 0 Å². The molecule has 0 amide bonds. The Hall–Kier alpha value is -0.710. The van der Waals surface area contributed by atoms with Crippen LogP contribution >= 0.6 is 27.3 Å². The van der Waals surface area contributed by atoms with E-state index in [1.165, 1.54) is 17.0 Å². The summed E-state index contributed by atoms with van der Waals surface area (Å²) in [5.74, 6) is -0.218. The quantitative estimate of drug-likeness (QED) is 0.827. The Morgan fingerprint density at radius 1 is 1.22 bits per heavy atom. The molecule has 0 aliphatic heterocycles. The smallest absolute Gasteiger partial charge is 0.124 e. The summed E-state index contributed by atoms with van der Waals surface area (Å²) < 4.78 is 13.9. The van der Waals surface area contributed by atoms with Gasteiger partial charge in [0.1, 0.15) is 5.82 Å². The van der Waals surface area contributed by atoms with E-state index in [0.29, 0.717) is 0 Å². The van der Waals surface area contributed by atoms with E-state index in [0.717, 1.165) is 10.0 Å². The zero-order valence-electron chi connectivity index (χ0n) is 10.3. The van der Waals surface area contributed by atoms with Crippen LogP contribution in [0.4, 0.5) is 4.39 Å². The minimum atomic E-state index is -0.218. The molecule has 0 aliphatic rings. The minimum Gasteiger partial charge on any atom is -0.303 e. The summed E-state index contributed by atoms with van der Waals surface area (Å²) in [6.07, 6.45) is 0. The van der Waals surface area contributed by atoms with E-state index in [1.54, 1.807) is 11.3 Å². The zero-order chi connectivity index (χ0) is 13.1. The second-order valence-corrected chi connectivity index (χ2v) is 6.12. The molecule has 1 N–H and O–H groups in total. The molecule has 0 spiro atoms. The number of benzene rings is 1. The number of rotatable bonds is 4. The van der Waals surface area contributed by atoms with Crippen molar-refractivity contribution in [2.75, 3.05) is 0 Å². The summed E-state index contributed by atoms with van der Waals surface area (Å²) in [5.41, 5.74) is 1.07. The molecular formula is C14H15BrFNS. The molecule has 2 rings (SSSR count). The van der Waals surface area contributed by atoms with Crippen molar-refractivity contribution >= 4 is 27.3 Å². The Bertz CT molecular complexity index is 513. The third-order valence-electron chi connectivity index (χ3n) is 2.90. The van der Waals surface area contributed by atoms with Crippen LogP contribution in [0.1, 0.15) is 36.4 Å². The number of hydrogen-bond donors (Lipinski definition) is 1. The second-order valence-electron chi connectivity index (χ2n) is 4.29.